The number of rotatable bonds is 6. The summed E-state index contributed by atoms with van der Waals surface area (Å²) in [6.45, 7) is 3.77. The van der Waals surface area contributed by atoms with E-state index in [1.165, 1.54) is 12.3 Å². The minimum Gasteiger partial charge on any atom is -0.404 e. The third kappa shape index (κ3) is 4.83. The molecule has 7 heteroatoms. The Morgan fingerprint density at radius 2 is 1.75 bits per heavy atom. The lowest BCUT2D eigenvalue weighted by Gasteiger charge is -2.29. The third-order valence-corrected chi connectivity index (χ3v) is 4.50. The zero-order valence-corrected chi connectivity index (χ0v) is 15.5. The first-order chi connectivity index (χ1) is 13.7. The molecule has 3 rings (SSSR count). The van der Waals surface area contributed by atoms with Gasteiger partial charge in [-0.3, -0.25) is 14.6 Å². The Balaban J connectivity index is 1.70. The summed E-state index contributed by atoms with van der Waals surface area (Å²) in [6, 6.07) is 10.9. The van der Waals surface area contributed by atoms with E-state index >= 15 is 0 Å². The Kier molecular flexibility index (Phi) is 6.54. The van der Waals surface area contributed by atoms with Crippen LogP contribution in [0.25, 0.3) is 5.57 Å². The molecule has 1 fully saturated rings. The number of benzene rings is 1. The molecule has 0 saturated carbocycles. The van der Waals surface area contributed by atoms with Crippen LogP contribution in [0.1, 0.15) is 15.9 Å². The number of pyridine rings is 1. The van der Waals surface area contributed by atoms with Crippen LogP contribution in [0.2, 0.25) is 0 Å². The van der Waals surface area contributed by atoms with Crippen molar-refractivity contribution in [2.45, 2.75) is 0 Å². The zero-order chi connectivity index (χ0) is 19.8. The van der Waals surface area contributed by atoms with Crippen molar-refractivity contribution in [1.29, 1.82) is 0 Å². The predicted molar refractivity (Wildman–Crippen MR) is 110 cm³/mol. The first kappa shape index (κ1) is 19.3. The van der Waals surface area contributed by atoms with Gasteiger partial charge in [-0.2, -0.15) is 0 Å². The van der Waals surface area contributed by atoms with Gasteiger partial charge in [-0.15, -0.1) is 0 Å². The Morgan fingerprint density at radius 3 is 2.36 bits per heavy atom. The number of anilines is 1. The van der Waals surface area contributed by atoms with Gasteiger partial charge in [0.2, 0.25) is 0 Å². The number of aldehydes is 1. The molecule has 2 aromatic rings. The Bertz CT molecular complexity index is 869. The van der Waals surface area contributed by atoms with E-state index in [9.17, 15) is 9.59 Å². The summed E-state index contributed by atoms with van der Waals surface area (Å²) in [6.07, 6.45) is 6.78. The SMILES string of the molecule is N/C=C(\C=C(/C=O)NC(=O)c1ccc(N2CCNCC2)cc1)c1ccncc1. The molecule has 0 atom stereocenters. The highest BCUT2D eigenvalue weighted by molar-refractivity contribution is 5.99. The molecular weight excluding hydrogens is 354 g/mol. The molecule has 28 heavy (non-hydrogen) atoms. The molecule has 0 radical (unpaired) electrons. The van der Waals surface area contributed by atoms with Crippen molar-refractivity contribution in [3.05, 3.63) is 77.9 Å². The molecule has 1 aromatic carbocycles. The van der Waals surface area contributed by atoms with Crippen LogP contribution in [0, 0.1) is 0 Å². The maximum atomic E-state index is 12.5. The second-order valence-corrected chi connectivity index (χ2v) is 6.31. The van der Waals surface area contributed by atoms with Crippen LogP contribution in [-0.4, -0.2) is 43.4 Å². The van der Waals surface area contributed by atoms with Crippen molar-refractivity contribution < 1.29 is 9.59 Å². The number of amides is 1. The summed E-state index contributed by atoms with van der Waals surface area (Å²) in [5, 5.41) is 5.95. The largest absolute Gasteiger partial charge is 0.404 e. The maximum Gasteiger partial charge on any atom is 0.255 e. The van der Waals surface area contributed by atoms with Gasteiger partial charge in [-0.25, -0.2) is 0 Å². The molecule has 1 aliphatic heterocycles. The molecule has 4 N–H and O–H groups in total. The van der Waals surface area contributed by atoms with Gasteiger partial charge in [-0.1, -0.05) is 0 Å². The van der Waals surface area contributed by atoms with Crippen LogP contribution in [0.5, 0.6) is 0 Å². The van der Waals surface area contributed by atoms with Crippen LogP contribution in [-0.2, 0) is 4.79 Å². The predicted octanol–water partition coefficient (Wildman–Crippen LogP) is 1.30. The van der Waals surface area contributed by atoms with Gasteiger partial charge in [0.05, 0.1) is 5.70 Å². The molecular formula is C21H23N5O2. The van der Waals surface area contributed by atoms with Crippen LogP contribution >= 0.6 is 0 Å². The van der Waals surface area contributed by atoms with Gasteiger partial charge >= 0.3 is 0 Å². The zero-order valence-electron chi connectivity index (χ0n) is 15.5. The molecule has 1 saturated heterocycles. The minimum absolute atomic E-state index is 0.129. The summed E-state index contributed by atoms with van der Waals surface area (Å²) in [5.74, 6) is -0.351. The van der Waals surface area contributed by atoms with Gasteiger partial charge in [-0.05, 0) is 53.6 Å². The van der Waals surface area contributed by atoms with E-state index in [4.69, 9.17) is 5.73 Å². The second-order valence-electron chi connectivity index (χ2n) is 6.31. The monoisotopic (exact) mass is 377 g/mol. The Hall–Kier alpha value is -3.45. The van der Waals surface area contributed by atoms with Crippen LogP contribution in [0.15, 0.2) is 66.8 Å². The number of nitrogens with zero attached hydrogens (tertiary/aromatic N) is 2. The maximum absolute atomic E-state index is 12.5. The molecule has 1 aromatic heterocycles. The molecule has 1 aliphatic rings. The highest BCUT2D eigenvalue weighted by Gasteiger charge is 2.12. The molecule has 0 unspecified atom stereocenters. The van der Waals surface area contributed by atoms with Crippen molar-refractivity contribution >= 4 is 23.5 Å². The number of hydrogen-bond acceptors (Lipinski definition) is 6. The van der Waals surface area contributed by atoms with Gasteiger partial charge < -0.3 is 21.3 Å². The Morgan fingerprint density at radius 1 is 1.07 bits per heavy atom. The van der Waals surface area contributed by atoms with Crippen molar-refractivity contribution in [1.82, 2.24) is 15.6 Å². The fraction of sp³-hybridized carbons (Fsp3) is 0.190. The first-order valence-electron chi connectivity index (χ1n) is 9.07. The van der Waals surface area contributed by atoms with Crippen molar-refractivity contribution in [2.75, 3.05) is 31.1 Å². The number of aromatic nitrogens is 1. The van der Waals surface area contributed by atoms with E-state index in [2.05, 4.69) is 20.5 Å². The van der Waals surface area contributed by atoms with Crippen molar-refractivity contribution in [2.24, 2.45) is 5.73 Å². The number of nitrogens with one attached hydrogen (secondary N) is 2. The standard InChI is InChI=1S/C21H23N5O2/c22-14-18(16-5-7-23-8-6-16)13-19(15-27)25-21(28)17-1-3-20(4-2-17)26-11-9-24-10-12-26/h1-8,13-15,24H,9-12,22H2,(H,25,28)/b18-14+,19-13+. The summed E-state index contributed by atoms with van der Waals surface area (Å²) in [7, 11) is 0. The third-order valence-electron chi connectivity index (χ3n) is 4.50. The van der Waals surface area contributed by atoms with E-state index in [1.54, 1.807) is 36.7 Å². The van der Waals surface area contributed by atoms with E-state index in [0.717, 1.165) is 37.4 Å². The summed E-state index contributed by atoms with van der Waals surface area (Å²) >= 11 is 0. The van der Waals surface area contributed by atoms with Crippen molar-refractivity contribution in [3.8, 4) is 0 Å². The van der Waals surface area contributed by atoms with Crippen LogP contribution in [0.4, 0.5) is 5.69 Å². The van der Waals surface area contributed by atoms with E-state index < -0.39 is 0 Å². The number of carbonyl (C=O) groups is 2. The summed E-state index contributed by atoms with van der Waals surface area (Å²) < 4.78 is 0. The molecule has 0 spiro atoms. The van der Waals surface area contributed by atoms with E-state index in [0.29, 0.717) is 17.4 Å². The summed E-state index contributed by atoms with van der Waals surface area (Å²) in [5.41, 5.74) is 8.77. The minimum atomic E-state index is -0.351. The molecule has 2 heterocycles. The molecule has 144 valence electrons. The number of piperazine rings is 1. The molecule has 1 amide bonds. The van der Waals surface area contributed by atoms with Crippen LogP contribution < -0.4 is 21.3 Å². The second kappa shape index (κ2) is 9.48. The molecule has 7 nitrogen and oxygen atoms in total. The van der Waals surface area contributed by atoms with E-state index in [1.807, 2.05) is 12.1 Å². The average Bonchev–Trinajstić information content (AvgIpc) is 2.77. The fourth-order valence-corrected chi connectivity index (χ4v) is 2.99. The molecule has 0 bridgehead atoms. The van der Waals surface area contributed by atoms with Crippen LogP contribution in [0.3, 0.4) is 0 Å². The number of carbonyl (C=O) groups excluding carboxylic acids is 2. The normalized spacial score (nSPS) is 15.2. The number of allylic oxidation sites excluding steroid dienone is 3. The lowest BCUT2D eigenvalue weighted by Crippen LogP contribution is -2.43. The van der Waals surface area contributed by atoms with Crippen molar-refractivity contribution in [3.63, 3.8) is 0 Å². The number of hydrogen-bond donors (Lipinski definition) is 3. The summed E-state index contributed by atoms with van der Waals surface area (Å²) in [4.78, 5) is 30.2. The lowest BCUT2D eigenvalue weighted by atomic mass is 10.1. The Labute approximate surface area is 163 Å². The molecule has 0 aliphatic carbocycles. The quantitative estimate of drug-likeness (QED) is 0.399. The smallest absolute Gasteiger partial charge is 0.255 e. The van der Waals surface area contributed by atoms with E-state index in [-0.39, 0.29) is 11.6 Å². The topological polar surface area (TPSA) is 100 Å². The fourth-order valence-electron chi connectivity index (χ4n) is 2.99. The van der Waals surface area contributed by atoms with Gasteiger partial charge in [0.1, 0.15) is 0 Å². The van der Waals surface area contributed by atoms with Gasteiger partial charge in [0.15, 0.2) is 6.29 Å². The number of nitrogens with two attached hydrogens (primary N) is 1. The highest BCUT2D eigenvalue weighted by Crippen LogP contribution is 2.17. The van der Waals surface area contributed by atoms with Gasteiger partial charge in [0, 0.05) is 56.0 Å². The lowest BCUT2D eigenvalue weighted by molar-refractivity contribution is -0.105. The average molecular weight is 377 g/mol. The highest BCUT2D eigenvalue weighted by atomic mass is 16.2. The first-order valence-corrected chi connectivity index (χ1v) is 9.07. The van der Waals surface area contributed by atoms with Gasteiger partial charge in [0.25, 0.3) is 5.91 Å².